The van der Waals surface area contributed by atoms with Gasteiger partial charge in [0.2, 0.25) is 5.83 Å². The second kappa shape index (κ2) is 10.9. The predicted molar refractivity (Wildman–Crippen MR) is 116 cm³/mol. The van der Waals surface area contributed by atoms with Crippen LogP contribution in [0.15, 0.2) is 67.2 Å². The van der Waals surface area contributed by atoms with Gasteiger partial charge in [-0.05, 0) is 53.8 Å². The molecule has 0 bridgehead atoms. The Morgan fingerprint density at radius 2 is 1.47 bits per heavy atom. The minimum atomic E-state index is -5.25. The Kier molecular flexibility index (Phi) is 8.17. The van der Waals surface area contributed by atoms with Crippen LogP contribution in [0.1, 0.15) is 22.3 Å². The molecule has 3 rings (SSSR count). The molecular weight excluding hydrogens is 499 g/mol. The molecule has 0 radical (unpaired) electrons. The lowest BCUT2D eigenvalue weighted by Crippen LogP contribution is -2.11. The molecule has 10 heteroatoms. The summed E-state index contributed by atoms with van der Waals surface area (Å²) in [5, 5.41) is 0. The Hall–Kier alpha value is -3.69. The first-order chi connectivity index (χ1) is 16.9. The summed E-state index contributed by atoms with van der Waals surface area (Å²) < 4.78 is 127. The molecule has 0 aliphatic carbocycles. The average Bonchev–Trinajstić information content (AvgIpc) is 2.79. The van der Waals surface area contributed by atoms with Gasteiger partial charge in [0.05, 0.1) is 0 Å². The highest BCUT2D eigenvalue weighted by Gasteiger charge is 2.38. The fourth-order valence-electron chi connectivity index (χ4n) is 3.42. The van der Waals surface area contributed by atoms with Crippen molar-refractivity contribution in [1.82, 2.24) is 0 Å². The molecule has 36 heavy (non-hydrogen) atoms. The first-order valence-electron chi connectivity index (χ1n) is 10.3. The minimum absolute atomic E-state index is 0.0369. The molecule has 0 unspecified atom stereocenters. The van der Waals surface area contributed by atoms with E-state index in [4.69, 9.17) is 0 Å². The molecule has 0 amide bonds. The Morgan fingerprint density at radius 3 is 2.03 bits per heavy atom. The molecule has 0 heterocycles. The highest BCUT2D eigenvalue weighted by atomic mass is 19.4. The summed E-state index contributed by atoms with van der Waals surface area (Å²) >= 11 is 0. The third kappa shape index (κ3) is 6.10. The number of ether oxygens (including phenoxy) is 1. The maximum Gasteiger partial charge on any atom is 0.422 e. The SMILES string of the molecule is C=CCOC(F)=C(F)c1ccc(CCc2ccc(-c3cc(F)c(C(F)(F)F)c(F)c3)c(F)c2)c(F)c1. The topological polar surface area (TPSA) is 9.23 Å². The third-order valence-corrected chi connectivity index (χ3v) is 5.16. The number of hydrogen-bond acceptors (Lipinski definition) is 1. The normalized spacial score (nSPS) is 12.4. The van der Waals surface area contributed by atoms with Gasteiger partial charge in [-0.2, -0.15) is 22.0 Å². The van der Waals surface area contributed by atoms with E-state index >= 15 is 0 Å². The van der Waals surface area contributed by atoms with E-state index in [0.717, 1.165) is 24.3 Å². The second-order valence-corrected chi connectivity index (χ2v) is 7.62. The number of benzene rings is 3. The molecule has 0 fully saturated rings. The van der Waals surface area contributed by atoms with Crippen molar-refractivity contribution < 1.29 is 44.3 Å². The molecule has 0 saturated heterocycles. The molecule has 0 aliphatic rings. The van der Waals surface area contributed by atoms with E-state index < -0.39 is 52.4 Å². The van der Waals surface area contributed by atoms with Crippen molar-refractivity contribution in [2.45, 2.75) is 19.0 Å². The highest BCUT2D eigenvalue weighted by Crippen LogP contribution is 2.36. The fourth-order valence-corrected chi connectivity index (χ4v) is 3.42. The van der Waals surface area contributed by atoms with Crippen molar-refractivity contribution >= 4 is 5.83 Å². The third-order valence-electron chi connectivity index (χ3n) is 5.16. The number of hydrogen-bond donors (Lipinski definition) is 0. The molecule has 0 spiro atoms. The smallest absolute Gasteiger partial charge is 0.422 e. The van der Waals surface area contributed by atoms with Gasteiger partial charge in [-0.15, -0.1) is 0 Å². The standard InChI is InChI=1S/C26H17F9O/c1-2-9-36-25(32)24(31)16-7-6-15(19(27)11-16)5-3-14-4-8-18(20(28)10-14)17-12-21(29)23(22(30)13-17)26(33,34)35/h2,4,6-8,10-13H,1,3,5,9H2. The average molecular weight is 516 g/mol. The van der Waals surface area contributed by atoms with Gasteiger partial charge in [-0.3, -0.25) is 0 Å². The number of halogens is 9. The Morgan fingerprint density at radius 1 is 0.806 bits per heavy atom. The van der Waals surface area contributed by atoms with Gasteiger partial charge in [-0.1, -0.05) is 36.9 Å². The van der Waals surface area contributed by atoms with Crippen LogP contribution >= 0.6 is 0 Å². The van der Waals surface area contributed by atoms with Gasteiger partial charge in [0.25, 0.3) is 0 Å². The van der Waals surface area contributed by atoms with E-state index in [1.807, 2.05) is 0 Å². The lowest BCUT2D eigenvalue weighted by Gasteiger charge is -2.12. The summed E-state index contributed by atoms with van der Waals surface area (Å²) in [5.74, 6) is -6.94. The van der Waals surface area contributed by atoms with Gasteiger partial charge >= 0.3 is 12.2 Å². The zero-order valence-corrected chi connectivity index (χ0v) is 18.3. The van der Waals surface area contributed by atoms with Crippen LogP contribution in [0.25, 0.3) is 17.0 Å². The Bertz CT molecular complexity index is 1290. The quantitative estimate of drug-likeness (QED) is 0.166. The van der Waals surface area contributed by atoms with E-state index in [1.165, 1.54) is 18.2 Å². The lowest BCUT2D eigenvalue weighted by atomic mass is 9.98. The second-order valence-electron chi connectivity index (χ2n) is 7.62. The van der Waals surface area contributed by atoms with Crippen LogP contribution in [0.5, 0.6) is 0 Å². The van der Waals surface area contributed by atoms with Crippen molar-refractivity contribution in [3.05, 3.63) is 113 Å². The zero-order valence-electron chi connectivity index (χ0n) is 18.3. The fraction of sp³-hybridized carbons (Fsp3) is 0.154. The van der Waals surface area contributed by atoms with Crippen LogP contribution in [0, 0.1) is 23.3 Å². The molecule has 3 aromatic rings. The van der Waals surface area contributed by atoms with Crippen molar-refractivity contribution in [3.8, 4) is 11.1 Å². The van der Waals surface area contributed by atoms with Crippen molar-refractivity contribution in [3.63, 3.8) is 0 Å². The summed E-state index contributed by atoms with van der Waals surface area (Å²) in [6, 6.07) is 5.91. The first-order valence-corrected chi connectivity index (χ1v) is 10.3. The van der Waals surface area contributed by atoms with Crippen LogP contribution in [0.4, 0.5) is 39.5 Å². The summed E-state index contributed by atoms with van der Waals surface area (Å²) in [4.78, 5) is 0. The number of rotatable bonds is 8. The van der Waals surface area contributed by atoms with Gasteiger partial charge < -0.3 is 4.74 Å². The van der Waals surface area contributed by atoms with E-state index in [0.29, 0.717) is 17.7 Å². The molecule has 3 aromatic carbocycles. The summed E-state index contributed by atoms with van der Waals surface area (Å²) in [6.07, 6.45) is -3.92. The van der Waals surface area contributed by atoms with Gasteiger partial charge in [-0.25, -0.2) is 17.6 Å². The minimum Gasteiger partial charge on any atom is -0.464 e. The molecule has 0 N–H and O–H groups in total. The van der Waals surface area contributed by atoms with E-state index in [9.17, 15) is 39.5 Å². The van der Waals surface area contributed by atoms with Crippen LogP contribution in [-0.2, 0) is 23.8 Å². The monoisotopic (exact) mass is 516 g/mol. The molecule has 0 aliphatic heterocycles. The first kappa shape index (κ1) is 26.9. The molecule has 190 valence electrons. The van der Waals surface area contributed by atoms with E-state index in [1.54, 1.807) is 0 Å². The Labute approximate surface area is 200 Å². The van der Waals surface area contributed by atoms with Crippen molar-refractivity contribution in [2.75, 3.05) is 6.61 Å². The lowest BCUT2D eigenvalue weighted by molar-refractivity contribution is -0.142. The van der Waals surface area contributed by atoms with Crippen molar-refractivity contribution in [2.24, 2.45) is 0 Å². The maximum atomic E-state index is 14.6. The molecule has 0 saturated carbocycles. The summed E-state index contributed by atoms with van der Waals surface area (Å²) in [5.41, 5.74) is -2.74. The highest BCUT2D eigenvalue weighted by molar-refractivity contribution is 5.65. The number of aryl methyl sites for hydroxylation is 2. The zero-order chi connectivity index (χ0) is 26.6. The summed E-state index contributed by atoms with van der Waals surface area (Å²) in [6.45, 7) is 3.01. The van der Waals surface area contributed by atoms with E-state index in [2.05, 4.69) is 11.3 Å². The van der Waals surface area contributed by atoms with Gasteiger partial charge in [0, 0.05) is 11.1 Å². The molecule has 0 atom stereocenters. The molecule has 0 aromatic heterocycles. The van der Waals surface area contributed by atoms with Crippen LogP contribution < -0.4 is 0 Å². The van der Waals surface area contributed by atoms with Crippen molar-refractivity contribution in [1.29, 1.82) is 0 Å². The summed E-state index contributed by atoms with van der Waals surface area (Å²) in [7, 11) is 0. The molecular formula is C26H17F9O. The largest absolute Gasteiger partial charge is 0.464 e. The van der Waals surface area contributed by atoms with E-state index in [-0.39, 0.29) is 36.1 Å². The number of alkyl halides is 3. The van der Waals surface area contributed by atoms with Crippen LogP contribution in [0.3, 0.4) is 0 Å². The van der Waals surface area contributed by atoms with Gasteiger partial charge in [0.1, 0.15) is 35.4 Å². The maximum absolute atomic E-state index is 14.6. The van der Waals surface area contributed by atoms with Crippen LogP contribution in [-0.4, -0.2) is 6.61 Å². The van der Waals surface area contributed by atoms with Crippen LogP contribution in [0.2, 0.25) is 0 Å². The Balaban J connectivity index is 1.76. The van der Waals surface area contributed by atoms with Gasteiger partial charge in [0.15, 0.2) is 0 Å². The predicted octanol–water partition coefficient (Wildman–Crippen LogP) is 8.48. The molecule has 1 nitrogen and oxygen atoms in total.